The van der Waals surface area contributed by atoms with E-state index in [4.69, 9.17) is 4.74 Å². The predicted molar refractivity (Wildman–Crippen MR) is 108 cm³/mol. The van der Waals surface area contributed by atoms with Crippen LogP contribution in [0.3, 0.4) is 0 Å². The first-order valence-electron chi connectivity index (χ1n) is 9.18. The average Bonchev–Trinajstić information content (AvgIpc) is 2.61. The summed E-state index contributed by atoms with van der Waals surface area (Å²) >= 11 is 0. The van der Waals surface area contributed by atoms with Gasteiger partial charge < -0.3 is 10.1 Å². The highest BCUT2D eigenvalue weighted by Crippen LogP contribution is 2.20. The molecule has 0 saturated carbocycles. The second-order valence-electron chi connectivity index (χ2n) is 6.56. The van der Waals surface area contributed by atoms with Crippen LogP contribution in [0.2, 0.25) is 0 Å². The largest absolute Gasteiger partial charge is 0.439 e. The monoisotopic (exact) mass is 392 g/mol. The number of ether oxygens (including phenoxy) is 1. The molecular formula is C19H28N4O3S. The second-order valence-corrected chi connectivity index (χ2v) is 8.88. The summed E-state index contributed by atoms with van der Waals surface area (Å²) in [6, 6.07) is 11.3. The highest BCUT2D eigenvalue weighted by Gasteiger charge is 2.13. The molecule has 148 valence electrons. The molecule has 2 N–H and O–H groups in total. The van der Waals surface area contributed by atoms with Crippen LogP contribution in [-0.4, -0.2) is 36.7 Å². The Hall–Kier alpha value is -2.19. The smallest absolute Gasteiger partial charge is 0.226 e. The highest BCUT2D eigenvalue weighted by atomic mass is 32.2. The molecule has 0 aliphatic carbocycles. The zero-order chi connectivity index (χ0) is 19.7. The Labute approximate surface area is 161 Å². The molecule has 0 amide bonds. The Morgan fingerprint density at radius 2 is 1.74 bits per heavy atom. The number of benzene rings is 1. The molecule has 0 bridgehead atoms. The van der Waals surface area contributed by atoms with Crippen LogP contribution in [0.15, 0.2) is 36.4 Å². The average molecular weight is 393 g/mol. The Morgan fingerprint density at radius 3 is 2.44 bits per heavy atom. The van der Waals surface area contributed by atoms with Crippen LogP contribution in [0.4, 0.5) is 5.95 Å². The number of anilines is 1. The summed E-state index contributed by atoms with van der Waals surface area (Å²) in [5.41, 5.74) is 0.821. The molecule has 0 fully saturated rings. The van der Waals surface area contributed by atoms with Crippen LogP contribution in [0.25, 0.3) is 0 Å². The van der Waals surface area contributed by atoms with E-state index in [0.29, 0.717) is 24.9 Å². The highest BCUT2D eigenvalue weighted by molar-refractivity contribution is 7.90. The van der Waals surface area contributed by atoms with E-state index in [9.17, 15) is 8.42 Å². The molecular weight excluding hydrogens is 364 g/mol. The van der Waals surface area contributed by atoms with Gasteiger partial charge in [-0.05, 0) is 45.7 Å². The quantitative estimate of drug-likeness (QED) is 0.569. The van der Waals surface area contributed by atoms with Gasteiger partial charge in [0.2, 0.25) is 21.9 Å². The van der Waals surface area contributed by atoms with Crippen molar-refractivity contribution in [1.82, 2.24) is 14.7 Å². The van der Waals surface area contributed by atoms with Crippen molar-refractivity contribution in [3.05, 3.63) is 42.1 Å². The van der Waals surface area contributed by atoms with Gasteiger partial charge in [-0.3, -0.25) is 0 Å². The van der Waals surface area contributed by atoms with Gasteiger partial charge in [0, 0.05) is 24.8 Å². The van der Waals surface area contributed by atoms with Crippen LogP contribution in [0.1, 0.15) is 38.8 Å². The van der Waals surface area contributed by atoms with E-state index in [1.54, 1.807) is 19.9 Å². The Morgan fingerprint density at radius 1 is 1.04 bits per heavy atom. The van der Waals surface area contributed by atoms with E-state index < -0.39 is 15.3 Å². The van der Waals surface area contributed by atoms with E-state index in [0.717, 1.165) is 30.7 Å². The number of para-hydroxylation sites is 1. The molecule has 1 aromatic heterocycles. The number of nitrogens with zero attached hydrogens (tertiary/aromatic N) is 2. The molecule has 2 rings (SSSR count). The van der Waals surface area contributed by atoms with Crippen molar-refractivity contribution in [2.45, 2.75) is 45.3 Å². The molecule has 1 aromatic carbocycles. The first-order chi connectivity index (χ1) is 12.9. The van der Waals surface area contributed by atoms with Crippen molar-refractivity contribution < 1.29 is 13.2 Å². The molecule has 0 saturated heterocycles. The van der Waals surface area contributed by atoms with E-state index >= 15 is 0 Å². The maximum absolute atomic E-state index is 11.6. The number of hydrogen-bond donors (Lipinski definition) is 2. The van der Waals surface area contributed by atoms with Crippen molar-refractivity contribution in [3.63, 3.8) is 0 Å². The number of rotatable bonds is 11. The number of unbranched alkanes of at least 4 members (excludes halogenated alkanes) is 2. The van der Waals surface area contributed by atoms with Gasteiger partial charge in [0.25, 0.3) is 0 Å². The number of aryl methyl sites for hydroxylation is 1. The van der Waals surface area contributed by atoms with Crippen LogP contribution >= 0.6 is 0 Å². The van der Waals surface area contributed by atoms with Gasteiger partial charge in [0.1, 0.15) is 5.75 Å². The molecule has 0 radical (unpaired) electrons. The zero-order valence-corrected chi connectivity index (χ0v) is 16.9. The van der Waals surface area contributed by atoms with E-state index in [1.165, 1.54) is 0 Å². The Balaban J connectivity index is 1.73. The van der Waals surface area contributed by atoms with Crippen molar-refractivity contribution >= 4 is 16.0 Å². The fourth-order valence-corrected chi connectivity index (χ4v) is 3.05. The van der Waals surface area contributed by atoms with Gasteiger partial charge >= 0.3 is 0 Å². The van der Waals surface area contributed by atoms with Crippen LogP contribution < -0.4 is 14.8 Å². The third-order valence-corrected chi connectivity index (χ3v) is 5.70. The minimum absolute atomic E-state index is 0.398. The van der Waals surface area contributed by atoms with Gasteiger partial charge in [-0.1, -0.05) is 24.6 Å². The van der Waals surface area contributed by atoms with Crippen molar-refractivity contribution in [3.8, 4) is 11.6 Å². The fraction of sp³-hybridized carbons (Fsp3) is 0.474. The van der Waals surface area contributed by atoms with E-state index in [-0.39, 0.29) is 0 Å². The molecule has 0 aliphatic heterocycles. The lowest BCUT2D eigenvalue weighted by molar-refractivity contribution is 0.461. The van der Waals surface area contributed by atoms with Gasteiger partial charge in [-0.2, -0.15) is 4.98 Å². The zero-order valence-electron chi connectivity index (χ0n) is 16.1. The van der Waals surface area contributed by atoms with Crippen molar-refractivity contribution in [2.75, 3.05) is 18.4 Å². The lowest BCUT2D eigenvalue weighted by Crippen LogP contribution is -2.31. The summed E-state index contributed by atoms with van der Waals surface area (Å²) in [6.07, 6.45) is 2.60. The summed E-state index contributed by atoms with van der Waals surface area (Å²) in [5, 5.41) is 2.80. The summed E-state index contributed by atoms with van der Waals surface area (Å²) in [5.74, 6) is 1.76. The fourth-order valence-electron chi connectivity index (χ4n) is 2.29. The molecule has 7 nitrogen and oxygen atoms in total. The van der Waals surface area contributed by atoms with Gasteiger partial charge in [0.05, 0.1) is 5.25 Å². The van der Waals surface area contributed by atoms with Gasteiger partial charge in [0.15, 0.2) is 0 Å². The maximum atomic E-state index is 11.6. The van der Waals surface area contributed by atoms with Gasteiger partial charge in [-0.25, -0.2) is 18.1 Å². The van der Waals surface area contributed by atoms with E-state index in [1.807, 2.05) is 37.3 Å². The summed E-state index contributed by atoms with van der Waals surface area (Å²) in [7, 11) is -3.17. The summed E-state index contributed by atoms with van der Waals surface area (Å²) in [6.45, 7) is 6.42. The minimum atomic E-state index is -3.17. The lowest BCUT2D eigenvalue weighted by atomic mass is 10.2. The predicted octanol–water partition coefficient (Wildman–Crippen LogP) is 3.49. The minimum Gasteiger partial charge on any atom is -0.439 e. The molecule has 1 heterocycles. The number of nitrogens with one attached hydrogen (secondary N) is 2. The SMILES string of the molecule is Cc1cc(Oc2ccccc2)nc(NCCCCCNS(=O)(=O)C(C)C)n1. The van der Waals surface area contributed by atoms with Crippen LogP contribution in [0.5, 0.6) is 11.6 Å². The Bertz CT molecular complexity index is 811. The number of sulfonamides is 1. The molecule has 0 spiro atoms. The summed E-state index contributed by atoms with van der Waals surface area (Å²) in [4.78, 5) is 8.75. The third kappa shape index (κ3) is 7.52. The van der Waals surface area contributed by atoms with Crippen LogP contribution in [-0.2, 0) is 10.0 Å². The molecule has 27 heavy (non-hydrogen) atoms. The van der Waals surface area contributed by atoms with Crippen molar-refractivity contribution in [2.24, 2.45) is 0 Å². The molecule has 2 aromatic rings. The first kappa shape index (κ1) is 21.1. The molecule has 0 unspecified atom stereocenters. The first-order valence-corrected chi connectivity index (χ1v) is 10.7. The Kier molecular flexibility index (Phi) is 7.99. The maximum Gasteiger partial charge on any atom is 0.226 e. The number of hydrogen-bond acceptors (Lipinski definition) is 6. The topological polar surface area (TPSA) is 93.2 Å². The molecule has 8 heteroatoms. The third-order valence-electron chi connectivity index (χ3n) is 3.86. The van der Waals surface area contributed by atoms with E-state index in [2.05, 4.69) is 20.0 Å². The normalized spacial score (nSPS) is 11.6. The van der Waals surface area contributed by atoms with Crippen LogP contribution in [0, 0.1) is 6.92 Å². The molecule has 0 aliphatic rings. The summed E-state index contributed by atoms with van der Waals surface area (Å²) < 4.78 is 31.7. The van der Waals surface area contributed by atoms with Crippen molar-refractivity contribution in [1.29, 1.82) is 0 Å². The van der Waals surface area contributed by atoms with Gasteiger partial charge in [-0.15, -0.1) is 0 Å². The lowest BCUT2D eigenvalue weighted by Gasteiger charge is -2.10. The standard InChI is InChI=1S/C19H28N4O3S/c1-15(2)27(24,25)21-13-9-5-8-12-20-19-22-16(3)14-18(23-19)26-17-10-6-4-7-11-17/h4,6-7,10-11,14-15,21H,5,8-9,12-13H2,1-3H3,(H,20,22,23). The molecule has 0 atom stereocenters. The number of aromatic nitrogens is 2. The second kappa shape index (κ2) is 10.2.